The normalized spacial score (nSPS) is 11.8. The SMILES string of the molecule is Cn1cc(-c2ccc(Cc3ccn(CC(C)(C)O)c3)cc2)cn1. The van der Waals surface area contributed by atoms with E-state index in [1.807, 2.05) is 48.7 Å². The Bertz CT molecular complexity index is 776. The van der Waals surface area contributed by atoms with Gasteiger partial charge in [-0.3, -0.25) is 4.68 Å². The van der Waals surface area contributed by atoms with E-state index in [0.29, 0.717) is 6.54 Å². The molecular weight excluding hydrogens is 286 g/mol. The van der Waals surface area contributed by atoms with Gasteiger partial charge in [-0.2, -0.15) is 5.10 Å². The van der Waals surface area contributed by atoms with Crippen molar-refractivity contribution in [2.24, 2.45) is 7.05 Å². The Balaban J connectivity index is 1.69. The van der Waals surface area contributed by atoms with Crippen LogP contribution in [-0.2, 0) is 20.0 Å². The maximum Gasteiger partial charge on any atom is 0.0769 e. The van der Waals surface area contributed by atoms with Crippen LogP contribution in [0.3, 0.4) is 0 Å². The molecule has 0 atom stereocenters. The van der Waals surface area contributed by atoms with Gasteiger partial charge in [0.1, 0.15) is 0 Å². The summed E-state index contributed by atoms with van der Waals surface area (Å²) in [6.07, 6.45) is 8.92. The number of rotatable bonds is 5. The molecular formula is C19H23N3O. The molecule has 2 heterocycles. The zero-order valence-corrected chi connectivity index (χ0v) is 13.9. The first-order valence-corrected chi connectivity index (χ1v) is 7.84. The molecule has 0 saturated carbocycles. The molecule has 4 nitrogen and oxygen atoms in total. The third-order valence-corrected chi connectivity index (χ3v) is 3.78. The third kappa shape index (κ3) is 4.11. The smallest absolute Gasteiger partial charge is 0.0769 e. The van der Waals surface area contributed by atoms with Crippen LogP contribution >= 0.6 is 0 Å². The van der Waals surface area contributed by atoms with Crippen molar-refractivity contribution in [3.63, 3.8) is 0 Å². The maximum absolute atomic E-state index is 9.88. The van der Waals surface area contributed by atoms with Gasteiger partial charge in [0.2, 0.25) is 0 Å². The molecule has 4 heteroatoms. The van der Waals surface area contributed by atoms with Crippen molar-refractivity contribution in [2.75, 3.05) is 0 Å². The van der Waals surface area contributed by atoms with Crippen molar-refractivity contribution in [3.8, 4) is 11.1 Å². The van der Waals surface area contributed by atoms with Gasteiger partial charge >= 0.3 is 0 Å². The lowest BCUT2D eigenvalue weighted by molar-refractivity contribution is 0.0616. The third-order valence-electron chi connectivity index (χ3n) is 3.78. The maximum atomic E-state index is 9.88. The van der Waals surface area contributed by atoms with Crippen molar-refractivity contribution in [1.29, 1.82) is 0 Å². The molecule has 0 aliphatic rings. The van der Waals surface area contributed by atoms with Gasteiger partial charge in [-0.15, -0.1) is 0 Å². The fourth-order valence-corrected chi connectivity index (χ4v) is 2.76. The predicted octanol–water partition coefficient (Wildman–Crippen LogP) is 3.25. The van der Waals surface area contributed by atoms with Crippen LogP contribution in [0.25, 0.3) is 11.1 Å². The highest BCUT2D eigenvalue weighted by Gasteiger charge is 2.13. The van der Waals surface area contributed by atoms with Gasteiger partial charge in [0.25, 0.3) is 0 Å². The molecule has 23 heavy (non-hydrogen) atoms. The van der Waals surface area contributed by atoms with E-state index in [1.54, 1.807) is 0 Å². The van der Waals surface area contributed by atoms with Crippen LogP contribution in [0.2, 0.25) is 0 Å². The van der Waals surface area contributed by atoms with Crippen molar-refractivity contribution in [1.82, 2.24) is 14.3 Å². The first-order chi connectivity index (χ1) is 10.9. The van der Waals surface area contributed by atoms with Crippen LogP contribution in [0.4, 0.5) is 0 Å². The van der Waals surface area contributed by atoms with E-state index in [9.17, 15) is 5.11 Å². The van der Waals surface area contributed by atoms with Gasteiger partial charge in [0.15, 0.2) is 0 Å². The van der Waals surface area contributed by atoms with Crippen molar-refractivity contribution in [3.05, 3.63) is 66.2 Å². The van der Waals surface area contributed by atoms with E-state index >= 15 is 0 Å². The number of aryl methyl sites for hydroxylation is 1. The molecule has 1 aromatic carbocycles. The topological polar surface area (TPSA) is 43.0 Å². The minimum Gasteiger partial charge on any atom is -0.389 e. The Kier molecular flexibility index (Phi) is 4.09. The Hall–Kier alpha value is -2.33. The largest absolute Gasteiger partial charge is 0.389 e. The molecule has 0 fully saturated rings. The Morgan fingerprint density at radius 3 is 2.35 bits per heavy atom. The van der Waals surface area contributed by atoms with Crippen LogP contribution in [0.5, 0.6) is 0 Å². The standard InChI is InChI=1S/C19H23N3O/c1-19(2,23)14-22-9-8-16(12-22)10-15-4-6-17(7-5-15)18-11-20-21(3)13-18/h4-9,11-13,23H,10,14H2,1-3H3. The second kappa shape index (κ2) is 6.05. The number of aliphatic hydroxyl groups is 1. The van der Waals surface area contributed by atoms with Crippen molar-refractivity contribution >= 4 is 0 Å². The van der Waals surface area contributed by atoms with Gasteiger partial charge in [0, 0.05) is 31.2 Å². The van der Waals surface area contributed by atoms with E-state index < -0.39 is 5.60 Å². The summed E-state index contributed by atoms with van der Waals surface area (Å²) in [5.74, 6) is 0. The average Bonchev–Trinajstić information content (AvgIpc) is 3.07. The van der Waals surface area contributed by atoms with Crippen molar-refractivity contribution in [2.45, 2.75) is 32.4 Å². The van der Waals surface area contributed by atoms with E-state index in [4.69, 9.17) is 0 Å². The minimum absolute atomic E-state index is 0.604. The van der Waals surface area contributed by atoms with Crippen LogP contribution in [0.1, 0.15) is 25.0 Å². The van der Waals surface area contributed by atoms with Gasteiger partial charge in [-0.1, -0.05) is 24.3 Å². The molecule has 0 saturated heterocycles. The molecule has 120 valence electrons. The van der Waals surface area contributed by atoms with E-state index in [0.717, 1.165) is 12.0 Å². The summed E-state index contributed by atoms with van der Waals surface area (Å²) in [6, 6.07) is 10.7. The van der Waals surface area contributed by atoms with E-state index in [-0.39, 0.29) is 0 Å². The second-order valence-corrected chi connectivity index (χ2v) is 6.78. The lowest BCUT2D eigenvalue weighted by atomic mass is 10.0. The predicted molar refractivity (Wildman–Crippen MR) is 92.2 cm³/mol. The summed E-state index contributed by atoms with van der Waals surface area (Å²) in [5, 5.41) is 14.1. The number of aromatic nitrogens is 3. The summed E-state index contributed by atoms with van der Waals surface area (Å²) >= 11 is 0. The minimum atomic E-state index is -0.693. The highest BCUT2D eigenvalue weighted by atomic mass is 16.3. The second-order valence-electron chi connectivity index (χ2n) is 6.78. The van der Waals surface area contributed by atoms with Gasteiger partial charge in [-0.25, -0.2) is 0 Å². The fourth-order valence-electron chi connectivity index (χ4n) is 2.76. The molecule has 2 aromatic heterocycles. The Morgan fingerprint density at radius 1 is 1.00 bits per heavy atom. The van der Waals surface area contributed by atoms with Crippen LogP contribution in [0.15, 0.2) is 55.1 Å². The molecule has 0 spiro atoms. The highest BCUT2D eigenvalue weighted by Crippen LogP contribution is 2.20. The van der Waals surface area contributed by atoms with Gasteiger partial charge in [0.05, 0.1) is 18.3 Å². The zero-order valence-electron chi connectivity index (χ0n) is 13.9. The molecule has 3 rings (SSSR count). The first kappa shape index (κ1) is 15.6. The Morgan fingerprint density at radius 2 is 1.74 bits per heavy atom. The van der Waals surface area contributed by atoms with Crippen molar-refractivity contribution < 1.29 is 5.11 Å². The number of hydrogen-bond acceptors (Lipinski definition) is 2. The quantitative estimate of drug-likeness (QED) is 0.786. The lowest BCUT2D eigenvalue weighted by Crippen LogP contribution is -2.25. The molecule has 0 unspecified atom stereocenters. The average molecular weight is 309 g/mol. The molecule has 0 amide bonds. The first-order valence-electron chi connectivity index (χ1n) is 7.84. The van der Waals surface area contributed by atoms with Crippen LogP contribution in [0, 0.1) is 0 Å². The van der Waals surface area contributed by atoms with Crippen LogP contribution < -0.4 is 0 Å². The molecule has 0 aliphatic carbocycles. The zero-order chi connectivity index (χ0) is 16.4. The monoisotopic (exact) mass is 309 g/mol. The number of nitrogens with zero attached hydrogens (tertiary/aromatic N) is 3. The molecule has 1 N–H and O–H groups in total. The molecule has 0 aliphatic heterocycles. The number of benzene rings is 1. The highest BCUT2D eigenvalue weighted by molar-refractivity contribution is 5.62. The summed E-state index contributed by atoms with van der Waals surface area (Å²) in [4.78, 5) is 0. The van der Waals surface area contributed by atoms with E-state index in [1.165, 1.54) is 16.7 Å². The summed E-state index contributed by atoms with van der Waals surface area (Å²) in [6.45, 7) is 4.25. The number of hydrogen-bond donors (Lipinski definition) is 1. The van der Waals surface area contributed by atoms with Gasteiger partial charge < -0.3 is 9.67 Å². The summed E-state index contributed by atoms with van der Waals surface area (Å²) in [7, 11) is 1.93. The molecule has 0 radical (unpaired) electrons. The van der Waals surface area contributed by atoms with Crippen LogP contribution in [-0.4, -0.2) is 25.1 Å². The summed E-state index contributed by atoms with van der Waals surface area (Å²) < 4.78 is 3.86. The molecule has 0 bridgehead atoms. The molecule has 3 aromatic rings. The van der Waals surface area contributed by atoms with E-state index in [2.05, 4.69) is 41.6 Å². The summed E-state index contributed by atoms with van der Waals surface area (Å²) in [5.41, 5.74) is 4.15. The van der Waals surface area contributed by atoms with Gasteiger partial charge in [-0.05, 0) is 43.0 Å². The lowest BCUT2D eigenvalue weighted by Gasteiger charge is -2.17. The fraction of sp³-hybridized carbons (Fsp3) is 0.316. The Labute approximate surface area is 137 Å².